The van der Waals surface area contributed by atoms with Crippen LogP contribution in [0.1, 0.15) is 62.4 Å². The Morgan fingerprint density at radius 1 is 1.20 bits per heavy atom. The van der Waals surface area contributed by atoms with Crippen molar-refractivity contribution in [2.45, 2.75) is 65.0 Å². The average Bonchev–Trinajstić information content (AvgIpc) is 3.13. The Bertz CT molecular complexity index is 776. The van der Waals surface area contributed by atoms with E-state index in [2.05, 4.69) is 10.6 Å². The van der Waals surface area contributed by atoms with E-state index >= 15 is 0 Å². The topological polar surface area (TPSA) is 87.7 Å². The van der Waals surface area contributed by atoms with Gasteiger partial charge in [0.25, 0.3) is 5.91 Å². The molecule has 1 aliphatic heterocycles. The first-order chi connectivity index (χ1) is 14.1. The molecule has 8 heteroatoms. The maximum Gasteiger partial charge on any atom is 0.410 e. The van der Waals surface area contributed by atoms with E-state index in [4.69, 9.17) is 4.74 Å². The standard InChI is InChI=1S/C22H32FN3O4/c1-15-7-8-16(14-18(15)23)20(28)25-12-11-24-19(27)10-9-17-6-5-13-26(17)21(29)30-22(2,3)4/h7-8,14,17H,5-6,9-13H2,1-4H3,(H,24,27)(H,25,28)/t17-/m0/s1. The van der Waals surface area contributed by atoms with Crippen LogP contribution >= 0.6 is 0 Å². The second-order valence-electron chi connectivity index (χ2n) is 8.58. The second kappa shape index (κ2) is 10.4. The van der Waals surface area contributed by atoms with Crippen molar-refractivity contribution in [1.82, 2.24) is 15.5 Å². The van der Waals surface area contributed by atoms with Gasteiger partial charge in [0.2, 0.25) is 5.91 Å². The Kier molecular flexibility index (Phi) is 8.20. The van der Waals surface area contributed by atoms with Crippen molar-refractivity contribution in [3.63, 3.8) is 0 Å². The SMILES string of the molecule is Cc1ccc(C(=O)NCCNC(=O)CC[C@@H]2CCCN2C(=O)OC(C)(C)C)cc1F. The van der Waals surface area contributed by atoms with Gasteiger partial charge >= 0.3 is 6.09 Å². The van der Waals surface area contributed by atoms with Gasteiger partial charge in [-0.3, -0.25) is 9.59 Å². The quantitative estimate of drug-likeness (QED) is 0.662. The van der Waals surface area contributed by atoms with Crippen LogP contribution in [0.4, 0.5) is 9.18 Å². The number of nitrogens with one attached hydrogen (secondary N) is 2. The highest BCUT2D eigenvalue weighted by Gasteiger charge is 2.32. The van der Waals surface area contributed by atoms with Crippen LogP contribution in [0, 0.1) is 12.7 Å². The molecule has 0 aliphatic carbocycles. The predicted molar refractivity (Wildman–Crippen MR) is 112 cm³/mol. The number of carbonyl (C=O) groups excluding carboxylic acids is 3. The van der Waals surface area contributed by atoms with Crippen LogP contribution in [0.15, 0.2) is 18.2 Å². The number of halogens is 1. The molecule has 0 unspecified atom stereocenters. The maximum absolute atomic E-state index is 13.5. The lowest BCUT2D eigenvalue weighted by molar-refractivity contribution is -0.121. The fourth-order valence-electron chi connectivity index (χ4n) is 3.30. The molecular weight excluding hydrogens is 389 g/mol. The highest BCUT2D eigenvalue weighted by atomic mass is 19.1. The van der Waals surface area contributed by atoms with Gasteiger partial charge in [0.1, 0.15) is 11.4 Å². The molecule has 0 radical (unpaired) electrons. The van der Waals surface area contributed by atoms with Crippen LogP contribution in [-0.2, 0) is 9.53 Å². The van der Waals surface area contributed by atoms with Gasteiger partial charge in [-0.1, -0.05) is 6.07 Å². The minimum absolute atomic E-state index is 0.00161. The lowest BCUT2D eigenvalue weighted by Crippen LogP contribution is -2.40. The third-order valence-electron chi connectivity index (χ3n) is 4.88. The van der Waals surface area contributed by atoms with Crippen molar-refractivity contribution in [2.24, 2.45) is 0 Å². The van der Waals surface area contributed by atoms with Gasteiger partial charge in [-0.2, -0.15) is 0 Å². The molecule has 0 aromatic heterocycles. The number of carbonyl (C=O) groups is 3. The Labute approximate surface area is 177 Å². The summed E-state index contributed by atoms with van der Waals surface area (Å²) in [6.45, 7) is 8.29. The first-order valence-electron chi connectivity index (χ1n) is 10.4. The smallest absolute Gasteiger partial charge is 0.410 e. The van der Waals surface area contributed by atoms with Gasteiger partial charge in [0.15, 0.2) is 0 Å². The van der Waals surface area contributed by atoms with Crippen molar-refractivity contribution in [3.05, 3.63) is 35.1 Å². The molecule has 0 bridgehead atoms. The number of hydrogen-bond acceptors (Lipinski definition) is 4. The van der Waals surface area contributed by atoms with E-state index < -0.39 is 11.4 Å². The van der Waals surface area contributed by atoms with Gasteiger partial charge in [-0.05, 0) is 64.7 Å². The molecule has 1 heterocycles. The fourth-order valence-corrected chi connectivity index (χ4v) is 3.30. The van der Waals surface area contributed by atoms with Crippen molar-refractivity contribution in [1.29, 1.82) is 0 Å². The average molecular weight is 422 g/mol. The number of rotatable bonds is 7. The van der Waals surface area contributed by atoms with E-state index in [9.17, 15) is 18.8 Å². The summed E-state index contributed by atoms with van der Waals surface area (Å²) < 4.78 is 19.0. The number of benzene rings is 1. The van der Waals surface area contributed by atoms with Crippen LogP contribution in [0.3, 0.4) is 0 Å². The largest absolute Gasteiger partial charge is 0.444 e. The summed E-state index contributed by atoms with van der Waals surface area (Å²) in [6.07, 6.45) is 2.29. The number of likely N-dealkylation sites (tertiary alicyclic amines) is 1. The molecule has 3 amide bonds. The van der Waals surface area contributed by atoms with Crippen molar-refractivity contribution < 1.29 is 23.5 Å². The summed E-state index contributed by atoms with van der Waals surface area (Å²) in [6, 6.07) is 4.31. The molecule has 166 valence electrons. The number of aryl methyl sites for hydroxylation is 1. The van der Waals surface area contributed by atoms with Crippen molar-refractivity contribution in [2.75, 3.05) is 19.6 Å². The van der Waals surface area contributed by atoms with E-state index in [0.717, 1.165) is 12.8 Å². The molecule has 1 aromatic rings. The molecule has 1 atom stereocenters. The summed E-state index contributed by atoms with van der Waals surface area (Å²) in [4.78, 5) is 38.1. The summed E-state index contributed by atoms with van der Waals surface area (Å²) in [7, 11) is 0. The fraction of sp³-hybridized carbons (Fsp3) is 0.591. The zero-order valence-electron chi connectivity index (χ0n) is 18.2. The Hall–Kier alpha value is -2.64. The number of ether oxygens (including phenoxy) is 1. The highest BCUT2D eigenvalue weighted by molar-refractivity contribution is 5.94. The summed E-state index contributed by atoms with van der Waals surface area (Å²) in [5.74, 6) is -0.952. The van der Waals surface area contributed by atoms with Gasteiger partial charge in [-0.25, -0.2) is 9.18 Å². The Morgan fingerprint density at radius 2 is 1.90 bits per heavy atom. The molecule has 1 aliphatic rings. The molecule has 30 heavy (non-hydrogen) atoms. The van der Waals surface area contributed by atoms with Crippen LogP contribution in [0.25, 0.3) is 0 Å². The van der Waals surface area contributed by atoms with Crippen molar-refractivity contribution >= 4 is 17.9 Å². The van der Waals surface area contributed by atoms with Crippen molar-refractivity contribution in [3.8, 4) is 0 Å². The van der Waals surface area contributed by atoms with Gasteiger partial charge in [0.05, 0.1) is 0 Å². The summed E-state index contributed by atoms with van der Waals surface area (Å²) in [5.41, 5.74) is 0.176. The summed E-state index contributed by atoms with van der Waals surface area (Å²) >= 11 is 0. The lowest BCUT2D eigenvalue weighted by Gasteiger charge is -2.28. The Balaban J connectivity index is 1.67. The molecular formula is C22H32FN3O4. The van der Waals surface area contributed by atoms with E-state index in [1.54, 1.807) is 24.0 Å². The second-order valence-corrected chi connectivity index (χ2v) is 8.58. The minimum atomic E-state index is -0.545. The van der Waals surface area contributed by atoms with Crippen LogP contribution < -0.4 is 10.6 Å². The normalized spacial score (nSPS) is 16.3. The van der Waals surface area contributed by atoms with Crippen LogP contribution in [0.5, 0.6) is 0 Å². The molecule has 1 saturated heterocycles. The number of amides is 3. The predicted octanol–water partition coefficient (Wildman–Crippen LogP) is 3.16. The lowest BCUT2D eigenvalue weighted by atomic mass is 10.1. The first-order valence-corrected chi connectivity index (χ1v) is 10.4. The number of nitrogens with zero attached hydrogens (tertiary/aromatic N) is 1. The maximum atomic E-state index is 13.5. The van der Waals surface area contributed by atoms with Gasteiger partial charge in [-0.15, -0.1) is 0 Å². The van der Waals surface area contributed by atoms with E-state index in [1.165, 1.54) is 6.07 Å². The zero-order chi connectivity index (χ0) is 22.3. The third kappa shape index (κ3) is 7.31. The zero-order valence-corrected chi connectivity index (χ0v) is 18.2. The molecule has 2 rings (SSSR count). The molecule has 1 aromatic carbocycles. The molecule has 0 saturated carbocycles. The molecule has 0 spiro atoms. The van der Waals surface area contributed by atoms with Gasteiger partial charge in [0, 0.05) is 37.7 Å². The van der Waals surface area contributed by atoms with E-state index in [-0.39, 0.29) is 42.6 Å². The minimum Gasteiger partial charge on any atom is -0.444 e. The molecule has 1 fully saturated rings. The van der Waals surface area contributed by atoms with E-state index in [1.807, 2.05) is 20.8 Å². The molecule has 7 nitrogen and oxygen atoms in total. The third-order valence-corrected chi connectivity index (χ3v) is 4.88. The molecule has 2 N–H and O–H groups in total. The summed E-state index contributed by atoms with van der Waals surface area (Å²) in [5, 5.41) is 5.41. The van der Waals surface area contributed by atoms with Crippen LogP contribution in [-0.4, -0.2) is 54.1 Å². The van der Waals surface area contributed by atoms with E-state index in [0.29, 0.717) is 24.9 Å². The highest BCUT2D eigenvalue weighted by Crippen LogP contribution is 2.23. The van der Waals surface area contributed by atoms with Crippen LogP contribution in [0.2, 0.25) is 0 Å². The number of hydrogen-bond donors (Lipinski definition) is 2. The Morgan fingerprint density at radius 3 is 2.57 bits per heavy atom. The van der Waals surface area contributed by atoms with Gasteiger partial charge < -0.3 is 20.3 Å². The first kappa shape index (κ1) is 23.6. The monoisotopic (exact) mass is 421 g/mol.